The molecule has 0 saturated carbocycles. The molecule has 0 bridgehead atoms. The molecule has 180 valence electrons. The topological polar surface area (TPSA) is 9.86 Å². The highest BCUT2D eigenvalue weighted by molar-refractivity contribution is 6.09. The second-order valence-electron chi connectivity index (χ2n) is 10.2. The van der Waals surface area contributed by atoms with Crippen LogP contribution in [-0.2, 0) is 0 Å². The average Bonchev–Trinajstić information content (AvgIpc) is 3.51. The standard InChI is InChI=1S/C36H26N2/c1-5-19-33-29(15-1)30-16-2-6-20-34(30)37(33)27-13-9-11-25(23-27)26-12-10-14-28(24-26)38-35-21-7-3-17-31(35)32-18-4-8-22-36(32)38/h1-23,28H,24H2. The fourth-order valence-corrected chi connectivity index (χ4v) is 6.41. The molecule has 2 aromatic heterocycles. The zero-order valence-electron chi connectivity index (χ0n) is 21.0. The Kier molecular flexibility index (Phi) is 4.68. The molecule has 7 aromatic rings. The van der Waals surface area contributed by atoms with Gasteiger partial charge in [-0.15, -0.1) is 0 Å². The van der Waals surface area contributed by atoms with Crippen molar-refractivity contribution in [2.75, 3.05) is 0 Å². The maximum absolute atomic E-state index is 2.52. The molecule has 0 fully saturated rings. The van der Waals surface area contributed by atoms with E-state index in [0.717, 1.165) is 6.42 Å². The van der Waals surface area contributed by atoms with Crippen LogP contribution in [0.15, 0.2) is 140 Å². The molecular weight excluding hydrogens is 460 g/mol. The van der Waals surface area contributed by atoms with Gasteiger partial charge in [0.15, 0.2) is 0 Å². The summed E-state index contributed by atoms with van der Waals surface area (Å²) in [7, 11) is 0. The van der Waals surface area contributed by atoms with Gasteiger partial charge in [-0.3, -0.25) is 0 Å². The number of rotatable bonds is 3. The minimum Gasteiger partial charge on any atom is -0.333 e. The Morgan fingerprint density at radius 1 is 0.526 bits per heavy atom. The number of aromatic nitrogens is 2. The van der Waals surface area contributed by atoms with Gasteiger partial charge in [-0.05, 0) is 54.0 Å². The van der Waals surface area contributed by atoms with Crippen LogP contribution in [0.4, 0.5) is 0 Å². The van der Waals surface area contributed by atoms with Crippen LogP contribution in [0.3, 0.4) is 0 Å². The molecule has 2 heterocycles. The van der Waals surface area contributed by atoms with Gasteiger partial charge in [0.1, 0.15) is 0 Å². The first-order valence-corrected chi connectivity index (χ1v) is 13.3. The van der Waals surface area contributed by atoms with E-state index in [4.69, 9.17) is 0 Å². The molecular formula is C36H26N2. The first kappa shape index (κ1) is 21.3. The summed E-state index contributed by atoms with van der Waals surface area (Å²) in [5.74, 6) is 0. The maximum Gasteiger partial charge on any atom is 0.0566 e. The molecule has 1 aliphatic rings. The lowest BCUT2D eigenvalue weighted by Crippen LogP contribution is -2.09. The molecule has 1 aliphatic carbocycles. The van der Waals surface area contributed by atoms with E-state index in [1.807, 2.05) is 0 Å². The Morgan fingerprint density at radius 3 is 1.66 bits per heavy atom. The van der Waals surface area contributed by atoms with Crippen molar-refractivity contribution in [3.8, 4) is 5.69 Å². The van der Waals surface area contributed by atoms with Crippen molar-refractivity contribution < 1.29 is 0 Å². The van der Waals surface area contributed by atoms with E-state index in [0.29, 0.717) is 0 Å². The van der Waals surface area contributed by atoms with Crippen LogP contribution in [0.2, 0.25) is 0 Å². The predicted molar refractivity (Wildman–Crippen MR) is 161 cm³/mol. The van der Waals surface area contributed by atoms with Gasteiger partial charge in [0.05, 0.1) is 17.1 Å². The first-order chi connectivity index (χ1) is 18.9. The van der Waals surface area contributed by atoms with Crippen LogP contribution < -0.4 is 0 Å². The molecule has 0 spiro atoms. The van der Waals surface area contributed by atoms with Gasteiger partial charge in [-0.1, -0.05) is 103 Å². The van der Waals surface area contributed by atoms with Gasteiger partial charge in [-0.2, -0.15) is 0 Å². The number of nitrogens with zero attached hydrogens (tertiary/aromatic N) is 2. The lowest BCUT2D eigenvalue weighted by Gasteiger charge is -2.23. The highest BCUT2D eigenvalue weighted by Gasteiger charge is 2.20. The summed E-state index contributed by atoms with van der Waals surface area (Å²) in [6.07, 6.45) is 7.82. The Labute approximate surface area is 221 Å². The SMILES string of the molecule is C1=CC(n2c3ccccc3c3ccccc32)CC(c2cccc(-n3c4ccccc4c4ccccc43)c2)=C1. The van der Waals surface area contributed by atoms with Gasteiger partial charge in [0, 0.05) is 38.3 Å². The number of allylic oxidation sites excluding steroid dienone is 4. The largest absolute Gasteiger partial charge is 0.333 e. The van der Waals surface area contributed by atoms with Crippen LogP contribution in [0, 0.1) is 0 Å². The Balaban J connectivity index is 1.23. The van der Waals surface area contributed by atoms with Crippen LogP contribution in [0.25, 0.3) is 54.9 Å². The summed E-state index contributed by atoms with van der Waals surface area (Å²) in [6.45, 7) is 0. The normalized spacial score (nSPS) is 15.6. The lowest BCUT2D eigenvalue weighted by atomic mass is 9.93. The molecule has 5 aromatic carbocycles. The van der Waals surface area contributed by atoms with Crippen molar-refractivity contribution in [1.29, 1.82) is 0 Å². The van der Waals surface area contributed by atoms with Crippen molar-refractivity contribution in [2.45, 2.75) is 12.5 Å². The van der Waals surface area contributed by atoms with Crippen molar-refractivity contribution >= 4 is 49.2 Å². The number of para-hydroxylation sites is 4. The van der Waals surface area contributed by atoms with Crippen molar-refractivity contribution in [3.63, 3.8) is 0 Å². The first-order valence-electron chi connectivity index (χ1n) is 13.3. The van der Waals surface area contributed by atoms with Gasteiger partial charge < -0.3 is 9.13 Å². The van der Waals surface area contributed by atoms with Gasteiger partial charge in [-0.25, -0.2) is 0 Å². The van der Waals surface area contributed by atoms with Crippen molar-refractivity contribution in [2.24, 2.45) is 0 Å². The van der Waals surface area contributed by atoms with Crippen LogP contribution >= 0.6 is 0 Å². The van der Waals surface area contributed by atoms with Gasteiger partial charge in [0.25, 0.3) is 0 Å². The quantitative estimate of drug-likeness (QED) is 0.235. The monoisotopic (exact) mass is 486 g/mol. The summed E-state index contributed by atoms with van der Waals surface area (Å²) in [5.41, 5.74) is 8.91. The van der Waals surface area contributed by atoms with E-state index in [-0.39, 0.29) is 6.04 Å². The van der Waals surface area contributed by atoms with Crippen molar-refractivity contribution in [3.05, 3.63) is 145 Å². The third-order valence-corrected chi connectivity index (χ3v) is 8.06. The number of hydrogen-bond donors (Lipinski definition) is 0. The molecule has 0 aliphatic heterocycles. The number of hydrogen-bond acceptors (Lipinski definition) is 0. The molecule has 38 heavy (non-hydrogen) atoms. The minimum atomic E-state index is 0.261. The number of fused-ring (bicyclic) bond motifs is 6. The average molecular weight is 487 g/mol. The van der Waals surface area contributed by atoms with E-state index in [1.54, 1.807) is 0 Å². The molecule has 1 unspecified atom stereocenters. The highest BCUT2D eigenvalue weighted by atomic mass is 15.0. The Bertz CT molecular complexity index is 1960. The zero-order valence-corrected chi connectivity index (χ0v) is 21.0. The van der Waals surface area contributed by atoms with Crippen LogP contribution in [-0.4, -0.2) is 9.13 Å². The van der Waals surface area contributed by atoms with E-state index >= 15 is 0 Å². The van der Waals surface area contributed by atoms with E-state index in [9.17, 15) is 0 Å². The molecule has 0 N–H and O–H groups in total. The molecule has 8 rings (SSSR count). The molecule has 0 saturated heterocycles. The summed E-state index contributed by atoms with van der Waals surface area (Å²) in [6, 6.07) is 44.3. The van der Waals surface area contributed by atoms with Gasteiger partial charge >= 0.3 is 0 Å². The third kappa shape index (κ3) is 3.13. The lowest BCUT2D eigenvalue weighted by molar-refractivity contribution is 0.656. The second-order valence-corrected chi connectivity index (χ2v) is 10.2. The van der Waals surface area contributed by atoms with Crippen LogP contribution in [0.1, 0.15) is 18.0 Å². The predicted octanol–water partition coefficient (Wildman–Crippen LogP) is 9.48. The van der Waals surface area contributed by atoms with Gasteiger partial charge in [0.2, 0.25) is 0 Å². The van der Waals surface area contributed by atoms with E-state index < -0.39 is 0 Å². The van der Waals surface area contributed by atoms with Crippen molar-refractivity contribution in [1.82, 2.24) is 9.13 Å². The molecule has 2 nitrogen and oxygen atoms in total. The summed E-state index contributed by atoms with van der Waals surface area (Å²) >= 11 is 0. The minimum absolute atomic E-state index is 0.261. The molecule has 0 amide bonds. The summed E-state index contributed by atoms with van der Waals surface area (Å²) in [4.78, 5) is 0. The zero-order chi connectivity index (χ0) is 25.1. The fraction of sp³-hybridized carbons (Fsp3) is 0.0556. The van der Waals surface area contributed by atoms with Crippen LogP contribution in [0.5, 0.6) is 0 Å². The maximum atomic E-state index is 2.52. The smallest absolute Gasteiger partial charge is 0.0566 e. The second kappa shape index (κ2) is 8.36. The van der Waals surface area contributed by atoms with E-state index in [2.05, 4.69) is 149 Å². The third-order valence-electron chi connectivity index (χ3n) is 8.06. The highest BCUT2D eigenvalue weighted by Crippen LogP contribution is 2.38. The Morgan fingerprint density at radius 2 is 1.05 bits per heavy atom. The fourth-order valence-electron chi connectivity index (χ4n) is 6.41. The van der Waals surface area contributed by atoms with E-state index in [1.165, 1.54) is 60.4 Å². The Hall–Kier alpha value is -4.82. The molecule has 2 heteroatoms. The molecule has 0 radical (unpaired) electrons. The number of benzene rings is 5. The summed E-state index contributed by atoms with van der Waals surface area (Å²) < 4.78 is 4.92. The molecule has 1 atom stereocenters. The summed E-state index contributed by atoms with van der Waals surface area (Å²) in [5, 5.41) is 5.22.